The largest absolute Gasteiger partial charge is 0.456 e. The van der Waals surface area contributed by atoms with Gasteiger partial charge in [-0.3, -0.25) is 0 Å². The smallest absolute Gasteiger partial charge is 0.164 e. The number of benzene rings is 8. The molecule has 0 N–H and O–H groups in total. The average Bonchev–Trinajstić information content (AvgIpc) is 3.67. The summed E-state index contributed by atoms with van der Waals surface area (Å²) < 4.78 is 6.31. The van der Waals surface area contributed by atoms with Crippen LogP contribution in [0, 0.1) is 5.92 Å². The Labute approximate surface area is 328 Å². The maximum atomic E-state index is 6.31. The van der Waals surface area contributed by atoms with E-state index in [0.717, 1.165) is 71.3 Å². The highest BCUT2D eigenvalue weighted by molar-refractivity contribution is 6.16. The molecule has 0 saturated carbocycles. The first-order valence-corrected chi connectivity index (χ1v) is 19.5. The first-order valence-electron chi connectivity index (χ1n) is 19.5. The van der Waals surface area contributed by atoms with E-state index in [-0.39, 0.29) is 11.8 Å². The molecule has 8 aromatic carbocycles. The predicted octanol–water partition coefficient (Wildman–Crippen LogP) is 13.6. The van der Waals surface area contributed by atoms with Crippen LogP contribution in [0.4, 0.5) is 0 Å². The molecule has 10 aromatic rings. The molecule has 0 bridgehead atoms. The standard InChI is InChI=1S/C53H33N3O/c1-3-14-36-32(12-1)26-27-33-28-29-35(31-46(33)36)51-54-52(56-53(55-51)47-30-34-13-2-4-15-37(34)38-16-5-6-17-42(38)47)44-23-10-19-39-40(20-9-21-41(39)44)43-22-11-25-49-50(43)45-18-7-8-24-48(45)57-49/h1-31,33,46H. The number of aromatic nitrogens is 3. The Hall–Kier alpha value is -7.43. The molecule has 0 aliphatic heterocycles. The first kappa shape index (κ1) is 31.9. The van der Waals surface area contributed by atoms with Gasteiger partial charge in [0, 0.05) is 39.3 Å². The second-order valence-corrected chi connectivity index (χ2v) is 15.1. The lowest BCUT2D eigenvalue weighted by atomic mass is 9.76. The number of fused-ring (bicyclic) bond motifs is 10. The fraction of sp³-hybridized carbons (Fsp3) is 0.0377. The zero-order valence-electron chi connectivity index (χ0n) is 30.8. The first-order chi connectivity index (χ1) is 28.2. The molecule has 2 atom stereocenters. The third-order valence-corrected chi connectivity index (χ3v) is 11.9. The van der Waals surface area contributed by atoms with Gasteiger partial charge in [-0.1, -0.05) is 170 Å². The normalized spacial score (nSPS) is 16.0. The fourth-order valence-corrected chi connectivity index (χ4v) is 9.23. The van der Waals surface area contributed by atoms with E-state index < -0.39 is 0 Å². The van der Waals surface area contributed by atoms with Crippen molar-refractivity contribution in [2.24, 2.45) is 5.92 Å². The summed E-state index contributed by atoms with van der Waals surface area (Å²) in [7, 11) is 0. The fourth-order valence-electron chi connectivity index (χ4n) is 9.23. The van der Waals surface area contributed by atoms with E-state index in [4.69, 9.17) is 19.4 Å². The van der Waals surface area contributed by atoms with Crippen molar-refractivity contribution in [3.63, 3.8) is 0 Å². The summed E-state index contributed by atoms with van der Waals surface area (Å²) >= 11 is 0. The summed E-state index contributed by atoms with van der Waals surface area (Å²) in [5, 5.41) is 9.07. The Morgan fingerprint density at radius 2 is 1.02 bits per heavy atom. The van der Waals surface area contributed by atoms with E-state index in [9.17, 15) is 0 Å². The van der Waals surface area contributed by atoms with Crippen molar-refractivity contribution in [1.29, 1.82) is 0 Å². The molecule has 2 unspecified atom stereocenters. The number of allylic oxidation sites excluding steroid dienone is 5. The van der Waals surface area contributed by atoms with Crippen LogP contribution in [-0.4, -0.2) is 15.0 Å². The lowest BCUT2D eigenvalue weighted by Crippen LogP contribution is -2.15. The predicted molar refractivity (Wildman–Crippen MR) is 235 cm³/mol. The van der Waals surface area contributed by atoms with Gasteiger partial charge in [-0.15, -0.1) is 0 Å². The van der Waals surface area contributed by atoms with Gasteiger partial charge in [0.15, 0.2) is 17.5 Å². The van der Waals surface area contributed by atoms with E-state index in [1.165, 1.54) is 21.9 Å². The molecule has 2 aliphatic rings. The molecule has 57 heavy (non-hydrogen) atoms. The van der Waals surface area contributed by atoms with E-state index in [1.54, 1.807) is 0 Å². The summed E-state index contributed by atoms with van der Waals surface area (Å²) in [5.74, 6) is 2.43. The Balaban J connectivity index is 1.10. The Morgan fingerprint density at radius 1 is 0.421 bits per heavy atom. The molecule has 4 heteroatoms. The Kier molecular flexibility index (Phi) is 7.02. The van der Waals surface area contributed by atoms with Crippen LogP contribution in [-0.2, 0) is 0 Å². The number of nitrogens with zero attached hydrogens (tertiary/aromatic N) is 3. The van der Waals surface area contributed by atoms with Gasteiger partial charge in [0.25, 0.3) is 0 Å². The van der Waals surface area contributed by atoms with Crippen LogP contribution in [0.25, 0.3) is 99.8 Å². The molecule has 2 heterocycles. The lowest BCUT2D eigenvalue weighted by Gasteiger charge is -2.28. The topological polar surface area (TPSA) is 51.8 Å². The molecule has 0 saturated heterocycles. The molecule has 0 spiro atoms. The highest BCUT2D eigenvalue weighted by Crippen LogP contribution is 2.43. The van der Waals surface area contributed by atoms with Crippen molar-refractivity contribution >= 4 is 65.9 Å². The molecule has 4 nitrogen and oxygen atoms in total. The minimum Gasteiger partial charge on any atom is -0.456 e. The highest BCUT2D eigenvalue weighted by Gasteiger charge is 2.27. The third-order valence-electron chi connectivity index (χ3n) is 11.9. The summed E-state index contributed by atoms with van der Waals surface area (Å²) in [6, 6.07) is 55.7. The van der Waals surface area contributed by atoms with E-state index >= 15 is 0 Å². The summed E-state index contributed by atoms with van der Waals surface area (Å²) in [6.07, 6.45) is 11.4. The van der Waals surface area contributed by atoms with Gasteiger partial charge >= 0.3 is 0 Å². The second-order valence-electron chi connectivity index (χ2n) is 15.1. The van der Waals surface area contributed by atoms with E-state index in [0.29, 0.717) is 17.5 Å². The minimum absolute atomic E-state index is 0.193. The third kappa shape index (κ3) is 5.04. The molecule has 0 radical (unpaired) electrons. The van der Waals surface area contributed by atoms with Crippen LogP contribution in [0.5, 0.6) is 0 Å². The van der Waals surface area contributed by atoms with Gasteiger partial charge in [0.1, 0.15) is 11.2 Å². The molecule has 266 valence electrons. The molecular weight excluding hydrogens is 695 g/mol. The maximum absolute atomic E-state index is 6.31. The number of hydrogen-bond acceptors (Lipinski definition) is 4. The molecule has 2 aromatic heterocycles. The van der Waals surface area contributed by atoms with Gasteiger partial charge in [-0.2, -0.15) is 0 Å². The molecule has 2 aliphatic carbocycles. The van der Waals surface area contributed by atoms with E-state index in [2.05, 4.69) is 176 Å². The summed E-state index contributed by atoms with van der Waals surface area (Å²) in [5.41, 5.74) is 9.55. The second kappa shape index (κ2) is 12.6. The number of para-hydroxylation sites is 1. The molecule has 0 amide bonds. The quantitative estimate of drug-likeness (QED) is 0.169. The van der Waals surface area contributed by atoms with Gasteiger partial charge in [0.05, 0.1) is 0 Å². The van der Waals surface area contributed by atoms with Crippen LogP contribution in [0.2, 0.25) is 0 Å². The SMILES string of the molecule is C1=CC2C=Cc3ccccc3C2C=C1c1nc(-c2cccc3c(-c4cccc5oc6ccccc6c45)cccc23)nc(-c2cc3ccccc3c3ccccc23)n1. The summed E-state index contributed by atoms with van der Waals surface area (Å²) in [4.78, 5) is 16.1. The molecule has 12 rings (SSSR count). The Bertz CT molecular complexity index is 3390. The molecule has 0 fully saturated rings. The van der Waals surface area contributed by atoms with Crippen LogP contribution in [0.15, 0.2) is 186 Å². The number of hydrogen-bond donors (Lipinski definition) is 0. The van der Waals surface area contributed by atoms with Crippen LogP contribution < -0.4 is 0 Å². The molecular formula is C53H33N3O. The average molecular weight is 728 g/mol. The maximum Gasteiger partial charge on any atom is 0.164 e. The van der Waals surface area contributed by atoms with Crippen molar-refractivity contribution in [3.8, 4) is 33.9 Å². The number of rotatable bonds is 4. The van der Waals surface area contributed by atoms with Crippen LogP contribution in [0.3, 0.4) is 0 Å². The zero-order chi connectivity index (χ0) is 37.5. The highest BCUT2D eigenvalue weighted by atomic mass is 16.3. The van der Waals surface area contributed by atoms with Gasteiger partial charge < -0.3 is 4.42 Å². The monoisotopic (exact) mass is 727 g/mol. The van der Waals surface area contributed by atoms with Crippen molar-refractivity contribution in [2.75, 3.05) is 0 Å². The van der Waals surface area contributed by atoms with Crippen molar-refractivity contribution < 1.29 is 4.42 Å². The number of furan rings is 1. The van der Waals surface area contributed by atoms with Gasteiger partial charge in [-0.05, 0) is 72.8 Å². The summed E-state index contributed by atoms with van der Waals surface area (Å²) in [6.45, 7) is 0. The van der Waals surface area contributed by atoms with Crippen molar-refractivity contribution in [1.82, 2.24) is 15.0 Å². The van der Waals surface area contributed by atoms with Gasteiger partial charge in [-0.25, -0.2) is 15.0 Å². The minimum atomic E-state index is 0.193. The Morgan fingerprint density at radius 3 is 1.91 bits per heavy atom. The zero-order valence-corrected chi connectivity index (χ0v) is 30.8. The lowest BCUT2D eigenvalue weighted by molar-refractivity contribution is 0.669. The van der Waals surface area contributed by atoms with Crippen LogP contribution >= 0.6 is 0 Å². The van der Waals surface area contributed by atoms with Crippen molar-refractivity contribution in [2.45, 2.75) is 5.92 Å². The van der Waals surface area contributed by atoms with Gasteiger partial charge in [0.2, 0.25) is 0 Å². The van der Waals surface area contributed by atoms with E-state index in [1.807, 2.05) is 12.1 Å². The van der Waals surface area contributed by atoms with Crippen LogP contribution in [0.1, 0.15) is 22.9 Å². The van der Waals surface area contributed by atoms with Crippen molar-refractivity contribution in [3.05, 3.63) is 199 Å².